The maximum Gasteiger partial charge on any atom is 0.228 e. The number of rotatable bonds is 6. The minimum atomic E-state index is -1.65. The normalized spacial score (nSPS) is 12.2. The van der Waals surface area contributed by atoms with Gasteiger partial charge in [-0.15, -0.1) is 13.2 Å². The van der Waals surface area contributed by atoms with Gasteiger partial charge < -0.3 is 4.12 Å². The van der Waals surface area contributed by atoms with Gasteiger partial charge in [0, 0.05) is 0 Å². The summed E-state index contributed by atoms with van der Waals surface area (Å²) in [5.74, 6) is 0. The smallest absolute Gasteiger partial charge is 0.228 e. The summed E-state index contributed by atoms with van der Waals surface area (Å²) in [6.45, 7) is 12.0. The second-order valence-corrected chi connectivity index (χ2v) is 8.56. The SMILES string of the molecule is C=C[Si](C=C)(CC)O[SiH2]CC. The molecule has 0 radical (unpaired) electrons. The van der Waals surface area contributed by atoms with Gasteiger partial charge >= 0.3 is 0 Å². The highest BCUT2D eigenvalue weighted by molar-refractivity contribution is 6.86. The van der Waals surface area contributed by atoms with Crippen molar-refractivity contribution in [2.75, 3.05) is 0 Å². The van der Waals surface area contributed by atoms with E-state index in [-0.39, 0.29) is 9.76 Å². The first-order valence-corrected chi connectivity index (χ1v) is 8.00. The Hall–Kier alpha value is -0.126. The third-order valence-corrected chi connectivity index (χ3v) is 7.68. The molecular formula is C8H18OSi2. The van der Waals surface area contributed by atoms with Crippen molar-refractivity contribution in [3.05, 3.63) is 24.6 Å². The summed E-state index contributed by atoms with van der Waals surface area (Å²) in [6.07, 6.45) is 0. The average Bonchev–Trinajstić information content (AvgIpc) is 2.08. The zero-order chi connectivity index (χ0) is 8.74. The molecular weight excluding hydrogens is 168 g/mol. The quantitative estimate of drug-likeness (QED) is 0.576. The van der Waals surface area contributed by atoms with Gasteiger partial charge in [0.2, 0.25) is 8.32 Å². The molecule has 0 aromatic heterocycles. The lowest BCUT2D eigenvalue weighted by Gasteiger charge is -2.22. The van der Waals surface area contributed by atoms with E-state index < -0.39 is 8.32 Å². The van der Waals surface area contributed by atoms with Crippen LogP contribution in [0.4, 0.5) is 0 Å². The first-order chi connectivity index (χ1) is 5.24. The molecule has 0 rings (SSSR count). The van der Waals surface area contributed by atoms with E-state index in [1.165, 1.54) is 6.04 Å². The lowest BCUT2D eigenvalue weighted by Crippen LogP contribution is -2.34. The molecule has 0 aliphatic carbocycles. The molecule has 0 saturated heterocycles. The predicted molar refractivity (Wildman–Crippen MR) is 56.7 cm³/mol. The van der Waals surface area contributed by atoms with Crippen molar-refractivity contribution in [1.29, 1.82) is 0 Å². The predicted octanol–water partition coefficient (Wildman–Crippen LogP) is 1.94. The van der Waals surface area contributed by atoms with Gasteiger partial charge in [0.15, 0.2) is 0 Å². The maximum atomic E-state index is 5.87. The van der Waals surface area contributed by atoms with Gasteiger partial charge in [-0.3, -0.25) is 0 Å². The Morgan fingerprint density at radius 3 is 2.18 bits per heavy atom. The Kier molecular flexibility index (Phi) is 5.45. The van der Waals surface area contributed by atoms with E-state index in [0.29, 0.717) is 0 Å². The van der Waals surface area contributed by atoms with Crippen LogP contribution in [0.3, 0.4) is 0 Å². The van der Waals surface area contributed by atoms with Crippen LogP contribution in [0.15, 0.2) is 24.6 Å². The van der Waals surface area contributed by atoms with E-state index in [0.717, 1.165) is 6.04 Å². The molecule has 0 atom stereocenters. The third-order valence-electron chi connectivity index (χ3n) is 1.82. The Morgan fingerprint density at radius 1 is 1.36 bits per heavy atom. The van der Waals surface area contributed by atoms with E-state index in [1.807, 2.05) is 11.4 Å². The molecule has 0 fully saturated rings. The van der Waals surface area contributed by atoms with Gasteiger partial charge in [-0.05, 0) is 12.1 Å². The second-order valence-electron chi connectivity index (χ2n) is 2.57. The van der Waals surface area contributed by atoms with E-state index in [2.05, 4.69) is 27.0 Å². The number of hydrogen-bond donors (Lipinski definition) is 0. The van der Waals surface area contributed by atoms with Crippen LogP contribution < -0.4 is 0 Å². The van der Waals surface area contributed by atoms with Crippen molar-refractivity contribution in [2.45, 2.75) is 25.9 Å². The molecule has 0 aliphatic rings. The highest BCUT2D eigenvalue weighted by Gasteiger charge is 2.23. The van der Waals surface area contributed by atoms with Crippen LogP contribution in [0, 0.1) is 0 Å². The second kappa shape index (κ2) is 5.51. The molecule has 0 aromatic carbocycles. The van der Waals surface area contributed by atoms with Gasteiger partial charge in [-0.1, -0.05) is 25.2 Å². The summed E-state index contributed by atoms with van der Waals surface area (Å²) in [5, 5.41) is 0. The molecule has 0 bridgehead atoms. The van der Waals surface area contributed by atoms with E-state index >= 15 is 0 Å². The minimum Gasteiger partial charge on any atom is -0.455 e. The van der Waals surface area contributed by atoms with Crippen LogP contribution in [0.1, 0.15) is 13.8 Å². The fourth-order valence-electron chi connectivity index (χ4n) is 0.884. The van der Waals surface area contributed by atoms with Crippen molar-refractivity contribution in [3.8, 4) is 0 Å². The Balaban J connectivity index is 4.05. The summed E-state index contributed by atoms with van der Waals surface area (Å²) >= 11 is 0. The van der Waals surface area contributed by atoms with Gasteiger partial charge in [0.25, 0.3) is 0 Å². The zero-order valence-corrected chi connectivity index (χ0v) is 10.0. The van der Waals surface area contributed by atoms with Crippen molar-refractivity contribution < 1.29 is 4.12 Å². The molecule has 0 unspecified atom stereocenters. The van der Waals surface area contributed by atoms with Crippen LogP contribution in [0.2, 0.25) is 12.1 Å². The van der Waals surface area contributed by atoms with Crippen LogP contribution >= 0.6 is 0 Å². The summed E-state index contributed by atoms with van der Waals surface area (Å²) in [5.41, 5.74) is 3.98. The summed E-state index contributed by atoms with van der Waals surface area (Å²) < 4.78 is 5.87. The van der Waals surface area contributed by atoms with Gasteiger partial charge in [-0.2, -0.15) is 0 Å². The molecule has 0 aliphatic heterocycles. The largest absolute Gasteiger partial charge is 0.455 e. The van der Waals surface area contributed by atoms with Crippen molar-refractivity contribution in [1.82, 2.24) is 0 Å². The highest BCUT2D eigenvalue weighted by Crippen LogP contribution is 2.12. The van der Waals surface area contributed by atoms with Gasteiger partial charge in [0.05, 0.1) is 0 Å². The molecule has 0 spiro atoms. The topological polar surface area (TPSA) is 9.23 Å². The van der Waals surface area contributed by atoms with Crippen LogP contribution in [-0.4, -0.2) is 18.1 Å². The first kappa shape index (κ1) is 10.9. The Morgan fingerprint density at radius 2 is 1.91 bits per heavy atom. The molecule has 0 amide bonds. The van der Waals surface area contributed by atoms with Crippen molar-refractivity contribution in [3.63, 3.8) is 0 Å². The fraction of sp³-hybridized carbons (Fsp3) is 0.500. The summed E-state index contributed by atoms with van der Waals surface area (Å²) in [6, 6.07) is 2.28. The van der Waals surface area contributed by atoms with Crippen LogP contribution in [0.5, 0.6) is 0 Å². The zero-order valence-electron chi connectivity index (χ0n) is 7.60. The third kappa shape index (κ3) is 3.18. The molecule has 0 saturated carbocycles. The first-order valence-electron chi connectivity index (χ1n) is 4.15. The molecule has 64 valence electrons. The highest BCUT2D eigenvalue weighted by atomic mass is 28.4. The van der Waals surface area contributed by atoms with Crippen molar-refractivity contribution in [2.24, 2.45) is 0 Å². The molecule has 3 heteroatoms. The van der Waals surface area contributed by atoms with Crippen LogP contribution in [0.25, 0.3) is 0 Å². The van der Waals surface area contributed by atoms with E-state index in [1.54, 1.807) is 0 Å². The monoisotopic (exact) mass is 186 g/mol. The Bertz CT molecular complexity index is 126. The molecule has 1 nitrogen and oxygen atoms in total. The Labute approximate surface area is 73.2 Å². The maximum absolute atomic E-state index is 5.87. The average molecular weight is 186 g/mol. The molecule has 11 heavy (non-hydrogen) atoms. The minimum absolute atomic E-state index is 0.296. The lowest BCUT2D eigenvalue weighted by molar-refractivity contribution is 0.600. The van der Waals surface area contributed by atoms with Gasteiger partial charge in [0.1, 0.15) is 9.76 Å². The van der Waals surface area contributed by atoms with Crippen molar-refractivity contribution >= 4 is 18.1 Å². The fourth-order valence-corrected chi connectivity index (χ4v) is 5.72. The molecule has 0 heterocycles. The van der Waals surface area contributed by atoms with Crippen LogP contribution in [-0.2, 0) is 4.12 Å². The van der Waals surface area contributed by atoms with Gasteiger partial charge in [-0.25, -0.2) is 0 Å². The standard InChI is InChI=1S/C8H18OSi2/c1-5-10-9-11(6-2,7-3)8-4/h6-7H,2-3,5,8,10H2,1,4H3. The summed E-state index contributed by atoms with van der Waals surface area (Å²) in [4.78, 5) is 0. The molecule has 0 aromatic rings. The number of hydrogen-bond acceptors (Lipinski definition) is 1. The lowest BCUT2D eigenvalue weighted by atomic mass is 11.0. The molecule has 0 N–H and O–H groups in total. The van der Waals surface area contributed by atoms with E-state index in [9.17, 15) is 0 Å². The summed E-state index contributed by atoms with van der Waals surface area (Å²) in [7, 11) is -1.95. The van der Waals surface area contributed by atoms with E-state index in [4.69, 9.17) is 4.12 Å².